The summed E-state index contributed by atoms with van der Waals surface area (Å²) in [6, 6.07) is 5.23. The van der Waals surface area contributed by atoms with Crippen molar-refractivity contribution in [3.05, 3.63) is 29.8 Å². The Bertz CT molecular complexity index is 590. The highest BCUT2D eigenvalue weighted by Gasteiger charge is 2.29. The quantitative estimate of drug-likeness (QED) is 0.920. The van der Waals surface area contributed by atoms with Gasteiger partial charge in [0, 0.05) is 19.0 Å². The minimum Gasteiger partial charge on any atom is -0.328 e. The number of aryl methyl sites for hydroxylation is 1. The van der Waals surface area contributed by atoms with Crippen LogP contribution in [0.3, 0.4) is 0 Å². The van der Waals surface area contributed by atoms with Gasteiger partial charge in [-0.2, -0.15) is 0 Å². The highest BCUT2D eigenvalue weighted by Crippen LogP contribution is 2.30. The molecule has 0 bridgehead atoms. The monoisotopic (exact) mass is 261 g/mol. The van der Waals surface area contributed by atoms with E-state index >= 15 is 0 Å². The Morgan fingerprint density at radius 2 is 2.26 bits per heavy atom. The molecule has 19 heavy (non-hydrogen) atoms. The number of halogens is 1. The van der Waals surface area contributed by atoms with Gasteiger partial charge in [-0.1, -0.05) is 19.9 Å². The van der Waals surface area contributed by atoms with Crippen LogP contribution < -0.4 is 5.32 Å². The van der Waals surface area contributed by atoms with E-state index in [1.165, 1.54) is 6.07 Å². The molecule has 102 valence electrons. The lowest BCUT2D eigenvalue weighted by Crippen LogP contribution is -2.15. The van der Waals surface area contributed by atoms with E-state index in [-0.39, 0.29) is 5.82 Å². The minimum absolute atomic E-state index is 0.216. The Kier molecular flexibility index (Phi) is 3.27. The number of aromatic nitrogens is 2. The van der Waals surface area contributed by atoms with Gasteiger partial charge in [-0.25, -0.2) is 9.37 Å². The lowest BCUT2D eigenvalue weighted by Gasteiger charge is -2.16. The number of rotatable bonds is 3. The topological polar surface area (TPSA) is 29.9 Å². The first-order valence-corrected chi connectivity index (χ1v) is 7.07. The minimum atomic E-state index is -0.216. The second-order valence-corrected chi connectivity index (χ2v) is 5.47. The first-order valence-electron chi connectivity index (χ1n) is 7.07. The lowest BCUT2D eigenvalue weighted by molar-refractivity contribution is 0.513. The summed E-state index contributed by atoms with van der Waals surface area (Å²) in [7, 11) is 0. The van der Waals surface area contributed by atoms with Crippen LogP contribution in [0.25, 0.3) is 11.0 Å². The lowest BCUT2D eigenvalue weighted by atomic mass is 9.97. The molecule has 1 saturated heterocycles. The zero-order chi connectivity index (χ0) is 13.4. The van der Waals surface area contributed by atoms with Crippen LogP contribution >= 0.6 is 0 Å². The van der Waals surface area contributed by atoms with Crippen molar-refractivity contribution in [2.45, 2.75) is 32.7 Å². The maximum Gasteiger partial charge on any atom is 0.151 e. The van der Waals surface area contributed by atoms with Crippen LogP contribution in [0, 0.1) is 11.7 Å². The van der Waals surface area contributed by atoms with E-state index in [4.69, 9.17) is 0 Å². The summed E-state index contributed by atoms with van der Waals surface area (Å²) in [5.41, 5.74) is 1.45. The first kappa shape index (κ1) is 12.6. The molecule has 0 amide bonds. The maximum atomic E-state index is 13.9. The smallest absolute Gasteiger partial charge is 0.151 e. The van der Waals surface area contributed by atoms with Crippen LogP contribution in [-0.4, -0.2) is 22.6 Å². The van der Waals surface area contributed by atoms with Gasteiger partial charge < -0.3 is 9.88 Å². The summed E-state index contributed by atoms with van der Waals surface area (Å²) in [4.78, 5) is 4.61. The van der Waals surface area contributed by atoms with Gasteiger partial charge >= 0.3 is 0 Å². The van der Waals surface area contributed by atoms with Crippen LogP contribution in [0.4, 0.5) is 4.39 Å². The molecule has 2 heterocycles. The second kappa shape index (κ2) is 4.93. The van der Waals surface area contributed by atoms with Gasteiger partial charge in [-0.15, -0.1) is 0 Å². The normalized spacial score (nSPS) is 23.3. The fraction of sp³-hybridized carbons (Fsp3) is 0.533. The largest absolute Gasteiger partial charge is 0.328 e. The molecule has 2 aromatic rings. The van der Waals surface area contributed by atoms with E-state index in [1.54, 1.807) is 6.07 Å². The SMILES string of the molecule is CCCn1c([C@@H]2CNC[C@H]2C)nc2c(F)cccc21. The molecule has 3 rings (SSSR count). The average molecular weight is 261 g/mol. The molecule has 1 fully saturated rings. The highest BCUT2D eigenvalue weighted by molar-refractivity contribution is 5.76. The summed E-state index contributed by atoms with van der Waals surface area (Å²) < 4.78 is 16.1. The molecule has 0 spiro atoms. The third-order valence-electron chi connectivity index (χ3n) is 4.06. The van der Waals surface area contributed by atoms with Gasteiger partial charge in [0.15, 0.2) is 5.82 Å². The summed E-state index contributed by atoms with van der Waals surface area (Å²) in [6.07, 6.45) is 1.03. The van der Waals surface area contributed by atoms with Crippen molar-refractivity contribution in [3.8, 4) is 0 Å². The molecule has 0 unspecified atom stereocenters. The van der Waals surface area contributed by atoms with Gasteiger partial charge in [0.25, 0.3) is 0 Å². The molecular formula is C15H20FN3. The van der Waals surface area contributed by atoms with Crippen molar-refractivity contribution >= 4 is 11.0 Å². The molecule has 1 aromatic carbocycles. The van der Waals surface area contributed by atoms with Crippen LogP contribution in [-0.2, 0) is 6.54 Å². The Morgan fingerprint density at radius 3 is 2.95 bits per heavy atom. The Hall–Kier alpha value is -1.42. The summed E-state index contributed by atoms with van der Waals surface area (Å²) in [5.74, 6) is 1.76. The number of imidazole rings is 1. The zero-order valence-electron chi connectivity index (χ0n) is 11.5. The van der Waals surface area contributed by atoms with Gasteiger partial charge in [0.2, 0.25) is 0 Å². The molecule has 1 N–H and O–H groups in total. The van der Waals surface area contributed by atoms with E-state index in [0.29, 0.717) is 17.4 Å². The molecule has 0 saturated carbocycles. The van der Waals surface area contributed by atoms with Crippen molar-refractivity contribution in [1.82, 2.24) is 14.9 Å². The van der Waals surface area contributed by atoms with Crippen molar-refractivity contribution in [2.24, 2.45) is 5.92 Å². The van der Waals surface area contributed by atoms with Gasteiger partial charge in [0.1, 0.15) is 11.3 Å². The summed E-state index contributed by atoms with van der Waals surface area (Å²) in [6.45, 7) is 7.23. The average Bonchev–Trinajstić information content (AvgIpc) is 2.95. The Labute approximate surface area is 112 Å². The molecule has 3 nitrogen and oxygen atoms in total. The Balaban J connectivity index is 2.17. The van der Waals surface area contributed by atoms with Crippen molar-refractivity contribution < 1.29 is 4.39 Å². The van der Waals surface area contributed by atoms with Gasteiger partial charge in [-0.3, -0.25) is 0 Å². The van der Waals surface area contributed by atoms with Crippen LogP contribution in [0.1, 0.15) is 32.0 Å². The highest BCUT2D eigenvalue weighted by atomic mass is 19.1. The van der Waals surface area contributed by atoms with E-state index in [2.05, 4.69) is 28.7 Å². The van der Waals surface area contributed by atoms with Crippen molar-refractivity contribution in [1.29, 1.82) is 0 Å². The fourth-order valence-corrected chi connectivity index (χ4v) is 3.03. The maximum absolute atomic E-state index is 13.9. The number of hydrogen-bond acceptors (Lipinski definition) is 2. The number of para-hydroxylation sites is 1. The summed E-state index contributed by atoms with van der Waals surface area (Å²) in [5, 5.41) is 3.40. The van der Waals surface area contributed by atoms with Gasteiger partial charge in [0.05, 0.1) is 5.52 Å². The molecule has 1 aromatic heterocycles. The van der Waals surface area contributed by atoms with Crippen LogP contribution in [0.15, 0.2) is 18.2 Å². The molecule has 1 aliphatic heterocycles. The second-order valence-electron chi connectivity index (χ2n) is 5.47. The number of nitrogens with zero attached hydrogens (tertiary/aromatic N) is 2. The molecule has 2 atom stereocenters. The molecule has 4 heteroatoms. The van der Waals surface area contributed by atoms with E-state index in [0.717, 1.165) is 37.4 Å². The van der Waals surface area contributed by atoms with Gasteiger partial charge in [-0.05, 0) is 31.0 Å². The third kappa shape index (κ3) is 2.04. The predicted molar refractivity (Wildman–Crippen MR) is 74.8 cm³/mol. The number of hydrogen-bond donors (Lipinski definition) is 1. The van der Waals surface area contributed by atoms with Crippen molar-refractivity contribution in [2.75, 3.05) is 13.1 Å². The number of nitrogens with one attached hydrogen (secondary N) is 1. The fourth-order valence-electron chi connectivity index (χ4n) is 3.03. The van der Waals surface area contributed by atoms with Crippen molar-refractivity contribution in [3.63, 3.8) is 0 Å². The molecule has 0 aliphatic carbocycles. The van der Waals surface area contributed by atoms with Crippen LogP contribution in [0.5, 0.6) is 0 Å². The Morgan fingerprint density at radius 1 is 1.42 bits per heavy atom. The van der Waals surface area contributed by atoms with E-state index in [9.17, 15) is 4.39 Å². The molecule has 0 radical (unpaired) electrons. The predicted octanol–water partition coefficient (Wildman–Crippen LogP) is 2.91. The number of benzene rings is 1. The van der Waals surface area contributed by atoms with E-state index in [1.807, 2.05) is 6.07 Å². The number of fused-ring (bicyclic) bond motifs is 1. The molecule has 1 aliphatic rings. The first-order chi connectivity index (χ1) is 9.22. The zero-order valence-corrected chi connectivity index (χ0v) is 11.5. The summed E-state index contributed by atoms with van der Waals surface area (Å²) >= 11 is 0. The van der Waals surface area contributed by atoms with E-state index < -0.39 is 0 Å². The molecular weight excluding hydrogens is 241 g/mol. The standard InChI is InChI=1S/C15H20FN3/c1-3-7-19-13-6-4-5-12(16)14(13)18-15(19)11-9-17-8-10(11)2/h4-6,10-11,17H,3,7-9H2,1-2H3/t10-,11-/m1/s1. The van der Waals surface area contributed by atoms with Crippen LogP contribution in [0.2, 0.25) is 0 Å². The third-order valence-corrected chi connectivity index (χ3v) is 4.06.